The van der Waals surface area contributed by atoms with Gasteiger partial charge in [0.25, 0.3) is 11.1 Å². The fourth-order valence-corrected chi connectivity index (χ4v) is 3.65. The Kier molecular flexibility index (Phi) is 4.89. The zero-order valence-corrected chi connectivity index (χ0v) is 15.1. The maximum Gasteiger partial charge on any atom is 0.266 e. The Morgan fingerprint density at radius 1 is 1.36 bits per heavy atom. The number of nitrogens with one attached hydrogen (secondary N) is 1. The summed E-state index contributed by atoms with van der Waals surface area (Å²) in [7, 11) is -1.75. The lowest BCUT2D eigenvalue weighted by Crippen LogP contribution is -2.28. The number of rotatable bonds is 6. The third-order valence-electron chi connectivity index (χ3n) is 4.44. The second-order valence-corrected chi connectivity index (χ2v) is 8.45. The Morgan fingerprint density at radius 3 is 2.64 bits per heavy atom. The van der Waals surface area contributed by atoms with Gasteiger partial charge in [0.2, 0.25) is 9.84 Å². The standard InChI is InChI=1S/C15H22N6O3S/c1-20-8-7-13(18-20)17-14(22)12(9-11-5-3-4-6-11)21-10-16-15(19-21)25(2,23)24/h7-8,10-12H,3-6,9H2,1-2H3,(H,17,18,22). The average Bonchev–Trinajstić information content (AvgIpc) is 3.25. The van der Waals surface area contributed by atoms with Crippen molar-refractivity contribution in [2.45, 2.75) is 43.3 Å². The van der Waals surface area contributed by atoms with Gasteiger partial charge in [0, 0.05) is 25.6 Å². The van der Waals surface area contributed by atoms with E-state index >= 15 is 0 Å². The fraction of sp³-hybridized carbons (Fsp3) is 0.600. The summed E-state index contributed by atoms with van der Waals surface area (Å²) in [5, 5.41) is 10.7. The topological polar surface area (TPSA) is 112 Å². The number of carbonyl (C=O) groups is 1. The number of nitrogens with zero attached hydrogens (tertiary/aromatic N) is 5. The van der Waals surface area contributed by atoms with Crippen LogP contribution in [0.3, 0.4) is 0 Å². The van der Waals surface area contributed by atoms with Gasteiger partial charge < -0.3 is 5.32 Å². The minimum absolute atomic E-state index is 0.268. The number of hydrogen-bond acceptors (Lipinski definition) is 6. The van der Waals surface area contributed by atoms with E-state index in [1.807, 2.05) is 0 Å². The molecule has 10 heteroatoms. The molecule has 2 aromatic rings. The molecule has 0 bridgehead atoms. The van der Waals surface area contributed by atoms with E-state index in [-0.39, 0.29) is 11.1 Å². The van der Waals surface area contributed by atoms with Gasteiger partial charge in [-0.1, -0.05) is 25.7 Å². The summed E-state index contributed by atoms with van der Waals surface area (Å²) in [6, 6.07) is 1.08. The molecule has 2 heterocycles. The summed E-state index contributed by atoms with van der Waals surface area (Å²) in [5.41, 5.74) is 0. The van der Waals surface area contributed by atoms with E-state index in [4.69, 9.17) is 0 Å². The Morgan fingerprint density at radius 2 is 2.08 bits per heavy atom. The van der Waals surface area contributed by atoms with Crippen LogP contribution in [-0.4, -0.2) is 45.1 Å². The van der Waals surface area contributed by atoms with Crippen LogP contribution < -0.4 is 5.32 Å². The molecule has 0 aliphatic heterocycles. The van der Waals surface area contributed by atoms with Crippen molar-refractivity contribution < 1.29 is 13.2 Å². The van der Waals surface area contributed by atoms with Crippen LogP contribution in [0.15, 0.2) is 23.7 Å². The van der Waals surface area contributed by atoms with Crippen molar-refractivity contribution in [3.63, 3.8) is 0 Å². The SMILES string of the molecule is Cn1ccc(NC(=O)C(CC2CCCC2)n2cnc(S(C)(=O)=O)n2)n1. The van der Waals surface area contributed by atoms with Crippen LogP contribution in [0.2, 0.25) is 0 Å². The molecule has 1 unspecified atom stereocenters. The lowest BCUT2D eigenvalue weighted by molar-refractivity contribution is -0.120. The molecule has 1 atom stereocenters. The van der Waals surface area contributed by atoms with Crippen molar-refractivity contribution in [3.05, 3.63) is 18.6 Å². The first-order chi connectivity index (χ1) is 11.8. The molecule has 1 N–H and O–H groups in total. The third kappa shape index (κ3) is 4.25. The van der Waals surface area contributed by atoms with Crippen LogP contribution in [-0.2, 0) is 21.7 Å². The van der Waals surface area contributed by atoms with Crippen LogP contribution in [0.5, 0.6) is 0 Å². The van der Waals surface area contributed by atoms with Crippen molar-refractivity contribution in [1.29, 1.82) is 0 Å². The van der Waals surface area contributed by atoms with Gasteiger partial charge in [-0.3, -0.25) is 9.48 Å². The van der Waals surface area contributed by atoms with Crippen molar-refractivity contribution in [2.75, 3.05) is 11.6 Å². The highest BCUT2D eigenvalue weighted by Crippen LogP contribution is 2.32. The number of aryl methyl sites for hydroxylation is 1. The zero-order valence-electron chi connectivity index (χ0n) is 14.3. The molecule has 1 fully saturated rings. The highest BCUT2D eigenvalue weighted by molar-refractivity contribution is 7.90. The molecule has 1 aliphatic carbocycles. The van der Waals surface area contributed by atoms with Crippen molar-refractivity contribution in [3.8, 4) is 0 Å². The Balaban J connectivity index is 1.83. The van der Waals surface area contributed by atoms with Crippen LogP contribution in [0.4, 0.5) is 5.82 Å². The molecule has 0 spiro atoms. The minimum Gasteiger partial charge on any atom is -0.307 e. The molecule has 9 nitrogen and oxygen atoms in total. The lowest BCUT2D eigenvalue weighted by Gasteiger charge is -2.19. The molecule has 0 aromatic carbocycles. The zero-order chi connectivity index (χ0) is 18.0. The van der Waals surface area contributed by atoms with Gasteiger partial charge in [0.1, 0.15) is 12.4 Å². The van der Waals surface area contributed by atoms with Crippen LogP contribution >= 0.6 is 0 Å². The Labute approximate surface area is 146 Å². The number of sulfone groups is 1. The molecule has 136 valence electrons. The van der Waals surface area contributed by atoms with E-state index < -0.39 is 15.9 Å². The van der Waals surface area contributed by atoms with Gasteiger partial charge in [0.15, 0.2) is 5.82 Å². The number of carbonyl (C=O) groups excluding carboxylic acids is 1. The second kappa shape index (κ2) is 6.95. The molecule has 3 rings (SSSR count). The van der Waals surface area contributed by atoms with Crippen molar-refractivity contribution in [1.82, 2.24) is 24.5 Å². The third-order valence-corrected chi connectivity index (χ3v) is 5.29. The summed E-state index contributed by atoms with van der Waals surface area (Å²) in [4.78, 5) is 16.6. The van der Waals surface area contributed by atoms with E-state index in [0.717, 1.165) is 31.9 Å². The smallest absolute Gasteiger partial charge is 0.266 e. The van der Waals surface area contributed by atoms with E-state index in [9.17, 15) is 13.2 Å². The first-order valence-corrected chi connectivity index (χ1v) is 10.1. The molecule has 1 saturated carbocycles. The van der Waals surface area contributed by atoms with Gasteiger partial charge in [-0.05, 0) is 12.3 Å². The lowest BCUT2D eigenvalue weighted by atomic mass is 9.98. The molecule has 1 aliphatic rings. The predicted molar refractivity (Wildman–Crippen MR) is 90.6 cm³/mol. The van der Waals surface area contributed by atoms with Crippen LogP contribution in [0.1, 0.15) is 38.1 Å². The Bertz CT molecular complexity index is 850. The summed E-state index contributed by atoms with van der Waals surface area (Å²) >= 11 is 0. The van der Waals surface area contributed by atoms with Gasteiger partial charge in [0.05, 0.1) is 0 Å². The molecular weight excluding hydrogens is 344 g/mol. The van der Waals surface area contributed by atoms with Crippen molar-refractivity contribution >= 4 is 21.6 Å². The maximum atomic E-state index is 12.8. The largest absolute Gasteiger partial charge is 0.307 e. The quantitative estimate of drug-likeness (QED) is 0.821. The highest BCUT2D eigenvalue weighted by atomic mass is 32.2. The normalized spacial score (nSPS) is 16.9. The number of anilines is 1. The monoisotopic (exact) mass is 366 g/mol. The van der Waals surface area contributed by atoms with E-state index in [1.54, 1.807) is 24.0 Å². The number of amides is 1. The minimum atomic E-state index is -3.51. The van der Waals surface area contributed by atoms with E-state index in [0.29, 0.717) is 18.2 Å². The molecule has 0 radical (unpaired) electrons. The van der Waals surface area contributed by atoms with Gasteiger partial charge in [-0.2, -0.15) is 5.10 Å². The summed E-state index contributed by atoms with van der Waals surface area (Å²) in [6.07, 6.45) is 9.16. The first kappa shape index (κ1) is 17.6. The van der Waals surface area contributed by atoms with Gasteiger partial charge >= 0.3 is 0 Å². The first-order valence-electron chi connectivity index (χ1n) is 8.24. The average molecular weight is 366 g/mol. The van der Waals surface area contributed by atoms with Gasteiger partial charge in [-0.25, -0.2) is 18.1 Å². The number of hydrogen-bond donors (Lipinski definition) is 1. The maximum absolute atomic E-state index is 12.8. The molecule has 0 saturated heterocycles. The predicted octanol–water partition coefficient (Wildman–Crippen LogP) is 1.18. The fourth-order valence-electron chi connectivity index (χ4n) is 3.17. The molecule has 1 amide bonds. The molecule has 2 aromatic heterocycles. The summed E-state index contributed by atoms with van der Waals surface area (Å²) < 4.78 is 26.2. The molecular formula is C15H22N6O3S. The van der Waals surface area contributed by atoms with Crippen molar-refractivity contribution in [2.24, 2.45) is 13.0 Å². The van der Waals surface area contributed by atoms with E-state index in [1.165, 1.54) is 11.0 Å². The van der Waals surface area contributed by atoms with E-state index in [2.05, 4.69) is 20.5 Å². The number of aromatic nitrogens is 5. The summed E-state index contributed by atoms with van der Waals surface area (Å²) in [5.74, 6) is 0.605. The van der Waals surface area contributed by atoms with Gasteiger partial charge in [-0.15, -0.1) is 5.10 Å². The van der Waals surface area contributed by atoms with Crippen LogP contribution in [0.25, 0.3) is 0 Å². The Hall–Kier alpha value is -2.23. The highest BCUT2D eigenvalue weighted by Gasteiger charge is 2.29. The molecule has 25 heavy (non-hydrogen) atoms. The summed E-state index contributed by atoms with van der Waals surface area (Å²) in [6.45, 7) is 0. The second-order valence-electron chi connectivity index (χ2n) is 6.55. The van der Waals surface area contributed by atoms with Crippen LogP contribution in [0, 0.1) is 5.92 Å².